The second kappa shape index (κ2) is 16.9. The number of aromatic nitrogens is 1. The van der Waals surface area contributed by atoms with Crippen molar-refractivity contribution in [1.82, 2.24) is 14.8 Å². The van der Waals surface area contributed by atoms with Gasteiger partial charge in [-0.2, -0.15) is 0 Å². The van der Waals surface area contributed by atoms with Crippen LogP contribution < -0.4 is 10.6 Å². The third kappa shape index (κ3) is 9.50. The molecule has 0 spiro atoms. The molecular formula is C43H41F2N5O5. The van der Waals surface area contributed by atoms with Crippen LogP contribution in [0.3, 0.4) is 0 Å². The van der Waals surface area contributed by atoms with Crippen LogP contribution in [0.25, 0.3) is 22.8 Å². The molecule has 2 unspecified atom stereocenters. The van der Waals surface area contributed by atoms with Crippen LogP contribution in [0.1, 0.15) is 49.7 Å². The van der Waals surface area contributed by atoms with Gasteiger partial charge >= 0.3 is 0 Å². The molecule has 2 aliphatic rings. The number of nitrogens with one attached hydrogen (secondary N) is 2. The number of carbonyl (C=O) groups excluding carboxylic acids is 4. The molecule has 4 amide bonds. The van der Waals surface area contributed by atoms with E-state index in [1.165, 1.54) is 24.3 Å². The molecule has 282 valence electrons. The monoisotopic (exact) mass is 745 g/mol. The highest BCUT2D eigenvalue weighted by Gasteiger charge is 2.31. The molecule has 0 saturated carbocycles. The molecule has 1 aromatic heterocycles. The van der Waals surface area contributed by atoms with E-state index >= 15 is 0 Å². The summed E-state index contributed by atoms with van der Waals surface area (Å²) in [6, 6.07) is 25.8. The standard InChI is InChI=1S/C43H41F2N5O5/c44-32-13-5-28(6-14-32)23-41(53)49-21-1-3-36(49)25-39(51)47-34-17-9-30(10-18-34)38-27-46-43(55-38)31-11-19-35(20-12-31)48-40(52)26-37-4-2-22-50(37)42(54)24-29-7-15-33(45)16-8-29/h5-20,27,36-37H,1-4,21-26H2,(H,47,51)(H,48,52). The minimum absolute atomic E-state index is 0.0704. The number of benzene rings is 4. The molecule has 5 aromatic rings. The predicted molar refractivity (Wildman–Crippen MR) is 204 cm³/mol. The molecule has 55 heavy (non-hydrogen) atoms. The van der Waals surface area contributed by atoms with Crippen LogP contribution in [0.5, 0.6) is 0 Å². The third-order valence-electron chi connectivity index (χ3n) is 10.1. The number of nitrogens with zero attached hydrogens (tertiary/aromatic N) is 3. The molecule has 3 heterocycles. The van der Waals surface area contributed by atoms with Crippen molar-refractivity contribution in [3.05, 3.63) is 126 Å². The van der Waals surface area contributed by atoms with E-state index in [0.717, 1.165) is 47.9 Å². The highest BCUT2D eigenvalue weighted by Crippen LogP contribution is 2.29. The van der Waals surface area contributed by atoms with Crippen LogP contribution in [0.15, 0.2) is 108 Å². The van der Waals surface area contributed by atoms with E-state index in [9.17, 15) is 28.0 Å². The number of anilines is 2. The van der Waals surface area contributed by atoms with Gasteiger partial charge in [-0.25, -0.2) is 13.8 Å². The number of carbonyl (C=O) groups is 4. The summed E-state index contributed by atoms with van der Waals surface area (Å²) in [6.45, 7) is 1.19. The highest BCUT2D eigenvalue weighted by molar-refractivity contribution is 5.93. The Labute approximate surface area is 317 Å². The molecule has 2 aliphatic heterocycles. The van der Waals surface area contributed by atoms with Crippen molar-refractivity contribution in [3.8, 4) is 22.8 Å². The van der Waals surface area contributed by atoms with E-state index in [2.05, 4.69) is 15.6 Å². The van der Waals surface area contributed by atoms with Crippen LogP contribution in [0, 0.1) is 11.6 Å². The third-order valence-corrected chi connectivity index (χ3v) is 10.1. The average molecular weight is 746 g/mol. The van der Waals surface area contributed by atoms with E-state index in [1.807, 2.05) is 12.1 Å². The number of oxazole rings is 1. The first-order valence-corrected chi connectivity index (χ1v) is 18.5. The van der Waals surface area contributed by atoms with Crippen molar-refractivity contribution in [1.29, 1.82) is 0 Å². The summed E-state index contributed by atoms with van der Waals surface area (Å²) in [4.78, 5) is 59.7. The van der Waals surface area contributed by atoms with E-state index < -0.39 is 0 Å². The second-order valence-corrected chi connectivity index (χ2v) is 14.1. The number of halogens is 2. The van der Waals surface area contributed by atoms with Crippen molar-refractivity contribution in [2.24, 2.45) is 0 Å². The van der Waals surface area contributed by atoms with Crippen LogP contribution in [0.4, 0.5) is 20.2 Å². The van der Waals surface area contributed by atoms with Crippen LogP contribution >= 0.6 is 0 Å². The fourth-order valence-electron chi connectivity index (χ4n) is 7.32. The first-order valence-electron chi connectivity index (χ1n) is 18.5. The van der Waals surface area contributed by atoms with E-state index in [4.69, 9.17) is 4.42 Å². The summed E-state index contributed by atoms with van der Waals surface area (Å²) in [5, 5.41) is 5.85. The predicted octanol–water partition coefficient (Wildman–Crippen LogP) is 7.41. The molecule has 0 bridgehead atoms. The molecule has 0 radical (unpaired) electrons. The van der Waals surface area contributed by atoms with Gasteiger partial charge in [-0.15, -0.1) is 0 Å². The molecule has 7 rings (SSSR count). The maximum absolute atomic E-state index is 13.3. The second-order valence-electron chi connectivity index (χ2n) is 14.1. The number of likely N-dealkylation sites (tertiary alicyclic amines) is 2. The Morgan fingerprint density at radius 1 is 0.618 bits per heavy atom. The van der Waals surface area contributed by atoms with Gasteiger partial charge in [0, 0.05) is 60.5 Å². The van der Waals surface area contributed by atoms with Crippen LogP contribution in [-0.2, 0) is 32.0 Å². The fourth-order valence-corrected chi connectivity index (χ4v) is 7.32. The fraction of sp³-hybridized carbons (Fsp3) is 0.279. The normalized spacial score (nSPS) is 16.6. The average Bonchev–Trinajstić information content (AvgIpc) is 3.96. The van der Waals surface area contributed by atoms with Gasteiger partial charge in [0.25, 0.3) is 0 Å². The number of hydrogen-bond donors (Lipinski definition) is 2. The molecule has 12 heteroatoms. The smallest absolute Gasteiger partial charge is 0.227 e. The van der Waals surface area contributed by atoms with Crippen molar-refractivity contribution in [2.75, 3.05) is 23.7 Å². The van der Waals surface area contributed by atoms with E-state index in [-0.39, 0.29) is 73.0 Å². The van der Waals surface area contributed by atoms with Crippen molar-refractivity contribution < 1.29 is 32.4 Å². The van der Waals surface area contributed by atoms with Crippen molar-refractivity contribution in [3.63, 3.8) is 0 Å². The molecule has 2 saturated heterocycles. The lowest BCUT2D eigenvalue weighted by Crippen LogP contribution is -2.38. The molecule has 4 aromatic carbocycles. The van der Waals surface area contributed by atoms with Gasteiger partial charge in [-0.1, -0.05) is 24.3 Å². The van der Waals surface area contributed by atoms with Crippen molar-refractivity contribution >= 4 is 35.0 Å². The summed E-state index contributed by atoms with van der Waals surface area (Å²) in [7, 11) is 0. The van der Waals surface area contributed by atoms with Gasteiger partial charge in [0.05, 0.1) is 19.0 Å². The summed E-state index contributed by atoms with van der Waals surface area (Å²) in [5.41, 5.74) is 4.19. The maximum Gasteiger partial charge on any atom is 0.227 e. The Bertz CT molecular complexity index is 1980. The molecular weight excluding hydrogens is 704 g/mol. The summed E-state index contributed by atoms with van der Waals surface area (Å²) in [5.74, 6) is -0.264. The number of hydrogen-bond acceptors (Lipinski definition) is 6. The Morgan fingerprint density at radius 3 is 1.51 bits per heavy atom. The molecule has 0 aliphatic carbocycles. The van der Waals surface area contributed by atoms with Gasteiger partial charge in [-0.3, -0.25) is 19.2 Å². The minimum atomic E-state index is -0.348. The van der Waals surface area contributed by atoms with Crippen LogP contribution in [-0.4, -0.2) is 63.6 Å². The quantitative estimate of drug-likeness (QED) is 0.137. The Kier molecular flexibility index (Phi) is 11.4. The maximum atomic E-state index is 13.3. The molecule has 10 nitrogen and oxygen atoms in total. The minimum Gasteiger partial charge on any atom is -0.436 e. The number of rotatable bonds is 12. The van der Waals surface area contributed by atoms with Gasteiger partial charge in [0.2, 0.25) is 29.5 Å². The van der Waals surface area contributed by atoms with E-state index in [0.29, 0.717) is 36.1 Å². The number of amides is 4. The first-order chi connectivity index (χ1) is 26.7. The molecule has 2 N–H and O–H groups in total. The summed E-state index contributed by atoms with van der Waals surface area (Å²) >= 11 is 0. The Morgan fingerprint density at radius 2 is 1.05 bits per heavy atom. The zero-order chi connectivity index (χ0) is 38.3. The van der Waals surface area contributed by atoms with Crippen molar-refractivity contribution in [2.45, 2.75) is 63.5 Å². The Hall–Kier alpha value is -6.17. The Balaban J connectivity index is 0.880. The lowest BCUT2D eigenvalue weighted by molar-refractivity contribution is -0.133. The van der Waals surface area contributed by atoms with Gasteiger partial charge in [-0.05, 0) is 110 Å². The first kappa shape index (κ1) is 37.2. The lowest BCUT2D eigenvalue weighted by atomic mass is 10.1. The zero-order valence-corrected chi connectivity index (χ0v) is 30.2. The summed E-state index contributed by atoms with van der Waals surface area (Å²) in [6.07, 6.45) is 5.47. The zero-order valence-electron chi connectivity index (χ0n) is 30.2. The summed E-state index contributed by atoms with van der Waals surface area (Å²) < 4.78 is 32.6. The SMILES string of the molecule is O=C(CC1CCCN1C(=O)Cc1ccc(F)cc1)Nc1ccc(-c2cnc(-c3ccc(NC(=O)CC4CCCN4C(=O)Cc4ccc(F)cc4)cc3)o2)cc1. The van der Waals surface area contributed by atoms with Gasteiger partial charge in [0.15, 0.2) is 5.76 Å². The van der Waals surface area contributed by atoms with Crippen LogP contribution in [0.2, 0.25) is 0 Å². The largest absolute Gasteiger partial charge is 0.436 e. The lowest BCUT2D eigenvalue weighted by Gasteiger charge is -2.24. The molecule has 2 atom stereocenters. The van der Waals surface area contributed by atoms with Gasteiger partial charge in [0.1, 0.15) is 11.6 Å². The highest BCUT2D eigenvalue weighted by atomic mass is 19.1. The molecule has 2 fully saturated rings. The van der Waals surface area contributed by atoms with E-state index in [1.54, 1.807) is 76.7 Å². The topological polar surface area (TPSA) is 125 Å². The van der Waals surface area contributed by atoms with Gasteiger partial charge < -0.3 is 24.9 Å².